The second-order valence-electron chi connectivity index (χ2n) is 4.58. The highest BCUT2D eigenvalue weighted by Crippen LogP contribution is 2.16. The van der Waals surface area contributed by atoms with E-state index < -0.39 is 23.5 Å². The van der Waals surface area contributed by atoms with Gasteiger partial charge in [0, 0.05) is 0 Å². The molecule has 0 radical (unpaired) electrons. The second kappa shape index (κ2) is 6.42. The number of esters is 2. The van der Waals surface area contributed by atoms with Gasteiger partial charge < -0.3 is 9.47 Å². The van der Waals surface area contributed by atoms with Gasteiger partial charge in [0.2, 0.25) is 5.60 Å². The molecule has 0 bridgehead atoms. The highest BCUT2D eigenvalue weighted by molar-refractivity contribution is 5.83. The van der Waals surface area contributed by atoms with Crippen LogP contribution in [0.5, 0.6) is 0 Å². The second-order valence-corrected chi connectivity index (χ2v) is 4.58. The zero-order chi connectivity index (χ0) is 13.6. The smallest absolute Gasteiger partial charge is 0.350 e. The van der Waals surface area contributed by atoms with Crippen LogP contribution in [-0.2, 0) is 19.1 Å². The van der Waals surface area contributed by atoms with Gasteiger partial charge in [-0.25, -0.2) is 4.79 Å². The minimum absolute atomic E-state index is 0.183. The van der Waals surface area contributed by atoms with Crippen LogP contribution in [0, 0.1) is 5.92 Å². The Kier molecular flexibility index (Phi) is 5.93. The first-order valence-corrected chi connectivity index (χ1v) is 5.81. The van der Waals surface area contributed by atoms with E-state index in [1.807, 2.05) is 6.92 Å². The monoisotopic (exact) mass is 242 g/mol. The lowest BCUT2D eigenvalue weighted by Crippen LogP contribution is -2.41. The molecule has 0 N–H and O–H groups in total. The molecule has 4 nitrogen and oxygen atoms in total. The highest BCUT2D eigenvalue weighted by atomic mass is 16.6. The maximum atomic E-state index is 11.8. The summed E-state index contributed by atoms with van der Waals surface area (Å²) < 4.78 is 10.2. The molecule has 2 atom stereocenters. The first kappa shape index (κ1) is 15.7. The third-order valence-electron chi connectivity index (χ3n) is 2.46. The summed E-state index contributed by atoms with van der Waals surface area (Å²) in [4.78, 5) is 23.3. The summed E-state index contributed by atoms with van der Waals surface area (Å²) in [6.45, 7) is 11.9. The van der Waals surface area contributed by atoms with Crippen molar-refractivity contribution in [2.45, 2.75) is 52.7 Å². The van der Waals surface area contributed by atoms with Crippen LogP contribution in [0.25, 0.3) is 0 Å². The molecule has 0 saturated carbocycles. The molecule has 2 unspecified atom stereocenters. The molecule has 0 aromatic heterocycles. The molecule has 0 aromatic rings. The number of carbonyl (C=O) groups is 2. The molecule has 0 heterocycles. The molecule has 0 spiro atoms. The van der Waals surface area contributed by atoms with Gasteiger partial charge in [-0.05, 0) is 34.1 Å². The van der Waals surface area contributed by atoms with Gasteiger partial charge in [0.1, 0.15) is 0 Å². The number of rotatable bonds is 6. The van der Waals surface area contributed by atoms with Crippen LogP contribution < -0.4 is 0 Å². The van der Waals surface area contributed by atoms with E-state index in [4.69, 9.17) is 9.47 Å². The molecule has 17 heavy (non-hydrogen) atoms. The Bertz CT molecular complexity index is 294. The molecule has 0 rings (SSSR count). The standard InChI is InChI=1S/C13H22O4/c1-7-9(3)11(14)17-13(5,6)12(15)16-10(4)8-2/h7,9-10H,1,8H2,2-6H3. The van der Waals surface area contributed by atoms with E-state index in [2.05, 4.69) is 6.58 Å². The van der Waals surface area contributed by atoms with Crippen molar-refractivity contribution < 1.29 is 19.1 Å². The molecule has 0 saturated heterocycles. The van der Waals surface area contributed by atoms with Gasteiger partial charge in [0.05, 0.1) is 12.0 Å². The third-order valence-corrected chi connectivity index (χ3v) is 2.46. The lowest BCUT2D eigenvalue weighted by atomic mass is 10.1. The first-order chi connectivity index (χ1) is 7.74. The lowest BCUT2D eigenvalue weighted by molar-refractivity contribution is -0.183. The fourth-order valence-electron chi connectivity index (χ4n) is 0.890. The first-order valence-electron chi connectivity index (χ1n) is 5.81. The SMILES string of the molecule is C=CC(C)C(=O)OC(C)(C)C(=O)OC(C)CC. The summed E-state index contributed by atoms with van der Waals surface area (Å²) in [6.07, 6.45) is 2.01. The van der Waals surface area contributed by atoms with Crippen molar-refractivity contribution in [2.75, 3.05) is 0 Å². The third kappa shape index (κ3) is 5.02. The van der Waals surface area contributed by atoms with E-state index in [9.17, 15) is 9.59 Å². The predicted octanol–water partition coefficient (Wildman–Crippen LogP) is 2.47. The summed E-state index contributed by atoms with van der Waals surface area (Å²) in [7, 11) is 0. The van der Waals surface area contributed by atoms with Gasteiger partial charge in [0.15, 0.2) is 0 Å². The number of hydrogen-bond acceptors (Lipinski definition) is 4. The van der Waals surface area contributed by atoms with E-state index in [1.54, 1.807) is 13.8 Å². The van der Waals surface area contributed by atoms with E-state index in [0.29, 0.717) is 0 Å². The van der Waals surface area contributed by atoms with Gasteiger partial charge in [-0.3, -0.25) is 4.79 Å². The van der Waals surface area contributed by atoms with Gasteiger partial charge >= 0.3 is 11.9 Å². The van der Waals surface area contributed by atoms with Crippen LogP contribution >= 0.6 is 0 Å². The van der Waals surface area contributed by atoms with Gasteiger partial charge in [-0.15, -0.1) is 6.58 Å². The van der Waals surface area contributed by atoms with Crippen molar-refractivity contribution >= 4 is 11.9 Å². The summed E-state index contributed by atoms with van der Waals surface area (Å²) in [5.74, 6) is -1.45. The van der Waals surface area contributed by atoms with E-state index in [-0.39, 0.29) is 6.10 Å². The van der Waals surface area contributed by atoms with Gasteiger partial charge in [-0.2, -0.15) is 0 Å². The average molecular weight is 242 g/mol. The molecule has 0 aliphatic rings. The fraction of sp³-hybridized carbons (Fsp3) is 0.692. The Morgan fingerprint density at radius 1 is 1.35 bits per heavy atom. The molecule has 4 heteroatoms. The van der Waals surface area contributed by atoms with Crippen LogP contribution in [0.2, 0.25) is 0 Å². The Morgan fingerprint density at radius 3 is 2.29 bits per heavy atom. The van der Waals surface area contributed by atoms with Crippen LogP contribution in [0.1, 0.15) is 41.0 Å². The molecule has 98 valence electrons. The van der Waals surface area contributed by atoms with Crippen molar-refractivity contribution in [1.82, 2.24) is 0 Å². The predicted molar refractivity (Wildman–Crippen MR) is 65.4 cm³/mol. The van der Waals surface area contributed by atoms with Crippen LogP contribution in [0.4, 0.5) is 0 Å². The van der Waals surface area contributed by atoms with Gasteiger partial charge in [-0.1, -0.05) is 13.0 Å². The number of hydrogen-bond donors (Lipinski definition) is 0. The molecular formula is C13H22O4. The molecule has 0 fully saturated rings. The topological polar surface area (TPSA) is 52.6 Å². The van der Waals surface area contributed by atoms with E-state index in [1.165, 1.54) is 19.9 Å². The largest absolute Gasteiger partial charge is 0.460 e. The zero-order valence-electron chi connectivity index (χ0n) is 11.3. The van der Waals surface area contributed by atoms with Crippen LogP contribution in [-0.4, -0.2) is 23.6 Å². The molecule has 0 aliphatic carbocycles. The summed E-state index contributed by atoms with van der Waals surface area (Å²) in [5.41, 5.74) is -1.27. The molecule has 0 aromatic carbocycles. The highest BCUT2D eigenvalue weighted by Gasteiger charge is 2.35. The summed E-state index contributed by atoms with van der Waals surface area (Å²) in [6, 6.07) is 0. The van der Waals surface area contributed by atoms with Crippen molar-refractivity contribution in [3.63, 3.8) is 0 Å². The number of carbonyl (C=O) groups excluding carboxylic acids is 2. The zero-order valence-corrected chi connectivity index (χ0v) is 11.3. The normalized spacial score (nSPS) is 14.6. The minimum Gasteiger partial charge on any atom is -0.460 e. The summed E-state index contributed by atoms with van der Waals surface area (Å²) in [5, 5.41) is 0. The quantitative estimate of drug-likeness (QED) is 0.530. The van der Waals surface area contributed by atoms with Gasteiger partial charge in [0.25, 0.3) is 0 Å². The Balaban J connectivity index is 4.51. The van der Waals surface area contributed by atoms with Crippen LogP contribution in [0.15, 0.2) is 12.7 Å². The van der Waals surface area contributed by atoms with Crippen molar-refractivity contribution in [1.29, 1.82) is 0 Å². The lowest BCUT2D eigenvalue weighted by Gasteiger charge is -2.25. The van der Waals surface area contributed by atoms with Crippen molar-refractivity contribution in [2.24, 2.45) is 5.92 Å². The maximum absolute atomic E-state index is 11.8. The molecule has 0 aliphatic heterocycles. The Hall–Kier alpha value is -1.32. The number of ether oxygens (including phenoxy) is 2. The van der Waals surface area contributed by atoms with Crippen molar-refractivity contribution in [3.8, 4) is 0 Å². The average Bonchev–Trinajstić information content (AvgIpc) is 2.26. The minimum atomic E-state index is -1.27. The summed E-state index contributed by atoms with van der Waals surface area (Å²) >= 11 is 0. The fourth-order valence-corrected chi connectivity index (χ4v) is 0.890. The van der Waals surface area contributed by atoms with Crippen molar-refractivity contribution in [3.05, 3.63) is 12.7 Å². The van der Waals surface area contributed by atoms with Crippen LogP contribution in [0.3, 0.4) is 0 Å². The molecular weight excluding hydrogens is 220 g/mol. The maximum Gasteiger partial charge on any atom is 0.350 e. The van der Waals surface area contributed by atoms with E-state index >= 15 is 0 Å². The Morgan fingerprint density at radius 2 is 1.88 bits per heavy atom. The van der Waals surface area contributed by atoms with E-state index in [0.717, 1.165) is 6.42 Å². The molecule has 0 amide bonds. The Labute approximate surface area is 103 Å².